The van der Waals surface area contributed by atoms with Crippen molar-refractivity contribution in [2.45, 2.75) is 0 Å². The van der Waals surface area contributed by atoms with Crippen LogP contribution in [0.3, 0.4) is 0 Å². The second-order valence-corrected chi connectivity index (χ2v) is 5.61. The number of ether oxygens (including phenoxy) is 2. The van der Waals surface area contributed by atoms with Crippen LogP contribution in [0.2, 0.25) is 5.02 Å². The number of rotatable bonds is 6. The molecule has 0 aromatic heterocycles. The molecule has 0 atom stereocenters. The van der Waals surface area contributed by atoms with Gasteiger partial charge in [0.1, 0.15) is 17.2 Å². The summed E-state index contributed by atoms with van der Waals surface area (Å²) in [6.45, 7) is -0.119. The Hall–Kier alpha value is -2.98. The van der Waals surface area contributed by atoms with Gasteiger partial charge in [0.15, 0.2) is 6.61 Å². The highest BCUT2D eigenvalue weighted by molar-refractivity contribution is 6.32. The predicted octanol–water partition coefficient (Wildman–Crippen LogP) is 5.15. The number of para-hydroxylation sites is 2. The first kappa shape index (κ1) is 16.9. The van der Waals surface area contributed by atoms with E-state index < -0.39 is 0 Å². The summed E-state index contributed by atoms with van der Waals surface area (Å²) >= 11 is 5.98. The summed E-state index contributed by atoms with van der Waals surface area (Å²) in [7, 11) is 0. The van der Waals surface area contributed by atoms with Crippen LogP contribution in [0.1, 0.15) is 0 Å². The van der Waals surface area contributed by atoms with Crippen LogP contribution >= 0.6 is 11.6 Å². The van der Waals surface area contributed by atoms with E-state index in [4.69, 9.17) is 21.1 Å². The minimum atomic E-state index is -0.267. The lowest BCUT2D eigenvalue weighted by Crippen LogP contribution is -2.20. The van der Waals surface area contributed by atoms with E-state index in [1.165, 1.54) is 0 Å². The molecule has 0 radical (unpaired) electrons. The number of nitrogens with one attached hydrogen (secondary N) is 1. The fraction of sp³-hybridized carbons (Fsp3) is 0.0500. The number of amides is 1. The van der Waals surface area contributed by atoms with Gasteiger partial charge in [0, 0.05) is 5.69 Å². The first-order chi connectivity index (χ1) is 12.2. The molecule has 1 amide bonds. The van der Waals surface area contributed by atoms with Gasteiger partial charge in [0.25, 0.3) is 5.91 Å². The quantitative estimate of drug-likeness (QED) is 0.666. The van der Waals surface area contributed by atoms with E-state index in [1.54, 1.807) is 48.5 Å². The molecule has 0 unspecified atom stereocenters. The molecular formula is C20H16ClNO3. The normalized spacial score (nSPS) is 10.1. The molecule has 126 valence electrons. The minimum absolute atomic E-state index is 0.119. The van der Waals surface area contributed by atoms with E-state index in [9.17, 15) is 4.79 Å². The number of hydrogen-bond acceptors (Lipinski definition) is 3. The van der Waals surface area contributed by atoms with Gasteiger partial charge in [-0.3, -0.25) is 4.79 Å². The summed E-state index contributed by atoms with van der Waals surface area (Å²) < 4.78 is 11.1. The Bertz CT molecular complexity index is 835. The van der Waals surface area contributed by atoms with E-state index in [1.807, 2.05) is 30.3 Å². The standard InChI is InChI=1S/C20H16ClNO3/c21-18-8-4-5-9-19(18)24-14-20(23)22-15-10-12-17(13-11-15)25-16-6-2-1-3-7-16/h1-13H,14H2,(H,22,23). The molecule has 5 heteroatoms. The lowest BCUT2D eigenvalue weighted by molar-refractivity contribution is -0.118. The number of benzene rings is 3. The van der Waals surface area contributed by atoms with Gasteiger partial charge < -0.3 is 14.8 Å². The Morgan fingerprint density at radius 3 is 2.20 bits per heavy atom. The summed E-state index contributed by atoms with van der Waals surface area (Å²) in [5.41, 5.74) is 0.660. The average molecular weight is 354 g/mol. The number of carbonyl (C=O) groups excluding carboxylic acids is 1. The van der Waals surface area contributed by atoms with Crippen LogP contribution in [0.5, 0.6) is 17.2 Å². The molecule has 0 bridgehead atoms. The van der Waals surface area contributed by atoms with Gasteiger partial charge in [0.05, 0.1) is 5.02 Å². The predicted molar refractivity (Wildman–Crippen MR) is 98.5 cm³/mol. The molecule has 3 rings (SSSR count). The highest BCUT2D eigenvalue weighted by atomic mass is 35.5. The van der Waals surface area contributed by atoms with Crippen molar-refractivity contribution in [1.82, 2.24) is 0 Å². The van der Waals surface area contributed by atoms with Gasteiger partial charge in [-0.15, -0.1) is 0 Å². The van der Waals surface area contributed by atoms with Gasteiger partial charge in [-0.1, -0.05) is 41.9 Å². The third-order valence-electron chi connectivity index (χ3n) is 3.31. The van der Waals surface area contributed by atoms with E-state index in [2.05, 4.69) is 5.32 Å². The maximum Gasteiger partial charge on any atom is 0.262 e. The van der Waals surface area contributed by atoms with Crippen molar-refractivity contribution < 1.29 is 14.3 Å². The van der Waals surface area contributed by atoms with Crippen LogP contribution < -0.4 is 14.8 Å². The molecule has 0 aliphatic rings. The lowest BCUT2D eigenvalue weighted by Gasteiger charge is -2.09. The van der Waals surface area contributed by atoms with Crippen molar-refractivity contribution in [3.8, 4) is 17.2 Å². The Morgan fingerprint density at radius 1 is 0.840 bits per heavy atom. The molecule has 0 spiro atoms. The third kappa shape index (κ3) is 4.99. The topological polar surface area (TPSA) is 47.6 Å². The van der Waals surface area contributed by atoms with E-state index >= 15 is 0 Å². The van der Waals surface area contributed by atoms with E-state index in [0.29, 0.717) is 22.2 Å². The van der Waals surface area contributed by atoms with Crippen molar-refractivity contribution in [3.05, 3.63) is 83.9 Å². The Balaban J connectivity index is 1.52. The second-order valence-electron chi connectivity index (χ2n) is 5.21. The molecular weight excluding hydrogens is 338 g/mol. The summed E-state index contributed by atoms with van der Waals surface area (Å²) in [5.74, 6) is 1.66. The molecule has 0 saturated carbocycles. The molecule has 0 aliphatic heterocycles. The Kier molecular flexibility index (Phi) is 5.54. The van der Waals surface area contributed by atoms with Crippen molar-refractivity contribution >= 4 is 23.2 Å². The zero-order valence-corrected chi connectivity index (χ0v) is 14.1. The van der Waals surface area contributed by atoms with Crippen LogP contribution in [0.4, 0.5) is 5.69 Å². The lowest BCUT2D eigenvalue weighted by atomic mass is 10.3. The SMILES string of the molecule is O=C(COc1ccccc1Cl)Nc1ccc(Oc2ccccc2)cc1. The van der Waals surface area contributed by atoms with Gasteiger partial charge in [-0.05, 0) is 48.5 Å². The summed E-state index contributed by atoms with van der Waals surface area (Å²) in [4.78, 5) is 12.0. The van der Waals surface area contributed by atoms with Crippen LogP contribution in [0, 0.1) is 0 Å². The number of carbonyl (C=O) groups is 1. The largest absolute Gasteiger partial charge is 0.482 e. The van der Waals surface area contributed by atoms with E-state index in [-0.39, 0.29) is 12.5 Å². The molecule has 25 heavy (non-hydrogen) atoms. The average Bonchev–Trinajstić information content (AvgIpc) is 2.64. The Morgan fingerprint density at radius 2 is 1.48 bits per heavy atom. The van der Waals surface area contributed by atoms with Gasteiger partial charge >= 0.3 is 0 Å². The summed E-state index contributed by atoms with van der Waals surface area (Å²) in [6, 6.07) is 23.6. The van der Waals surface area contributed by atoms with Crippen LogP contribution in [-0.4, -0.2) is 12.5 Å². The molecule has 0 fully saturated rings. The van der Waals surface area contributed by atoms with Gasteiger partial charge in [-0.25, -0.2) is 0 Å². The first-order valence-corrected chi connectivity index (χ1v) is 8.09. The molecule has 0 heterocycles. The molecule has 4 nitrogen and oxygen atoms in total. The molecule has 1 N–H and O–H groups in total. The van der Waals surface area contributed by atoms with Crippen LogP contribution in [-0.2, 0) is 4.79 Å². The molecule has 3 aromatic rings. The third-order valence-corrected chi connectivity index (χ3v) is 3.62. The first-order valence-electron chi connectivity index (χ1n) is 7.71. The maximum atomic E-state index is 12.0. The van der Waals surface area contributed by atoms with Gasteiger partial charge in [-0.2, -0.15) is 0 Å². The van der Waals surface area contributed by atoms with Crippen molar-refractivity contribution in [2.75, 3.05) is 11.9 Å². The fourth-order valence-corrected chi connectivity index (χ4v) is 2.32. The fourth-order valence-electron chi connectivity index (χ4n) is 2.13. The van der Waals surface area contributed by atoms with Crippen LogP contribution in [0.15, 0.2) is 78.9 Å². The van der Waals surface area contributed by atoms with E-state index in [0.717, 1.165) is 5.75 Å². The molecule has 3 aromatic carbocycles. The summed E-state index contributed by atoms with van der Waals surface area (Å²) in [6.07, 6.45) is 0. The van der Waals surface area contributed by atoms with Crippen LogP contribution in [0.25, 0.3) is 0 Å². The second kappa shape index (κ2) is 8.22. The highest BCUT2D eigenvalue weighted by Crippen LogP contribution is 2.24. The van der Waals surface area contributed by atoms with Crippen molar-refractivity contribution in [1.29, 1.82) is 0 Å². The monoisotopic (exact) mass is 353 g/mol. The van der Waals surface area contributed by atoms with Gasteiger partial charge in [0.2, 0.25) is 0 Å². The zero-order chi connectivity index (χ0) is 17.5. The number of halogens is 1. The number of hydrogen-bond donors (Lipinski definition) is 1. The smallest absolute Gasteiger partial charge is 0.262 e. The molecule has 0 saturated heterocycles. The van der Waals surface area contributed by atoms with Crippen molar-refractivity contribution in [3.63, 3.8) is 0 Å². The number of anilines is 1. The Labute approximate surface area is 151 Å². The maximum absolute atomic E-state index is 12.0. The van der Waals surface area contributed by atoms with Crippen molar-refractivity contribution in [2.24, 2.45) is 0 Å². The zero-order valence-electron chi connectivity index (χ0n) is 13.3. The minimum Gasteiger partial charge on any atom is -0.482 e. The highest BCUT2D eigenvalue weighted by Gasteiger charge is 2.06. The summed E-state index contributed by atoms with van der Waals surface area (Å²) in [5, 5.41) is 3.23. The molecule has 0 aliphatic carbocycles.